The van der Waals surface area contributed by atoms with Gasteiger partial charge < -0.3 is 10.3 Å². The molecule has 0 aromatic carbocycles. The van der Waals surface area contributed by atoms with E-state index < -0.39 is 0 Å². The first-order chi connectivity index (χ1) is 4.36. The quantitative estimate of drug-likeness (QED) is 0.603. The van der Waals surface area contributed by atoms with Gasteiger partial charge in [0.25, 0.3) is 0 Å². The van der Waals surface area contributed by atoms with Crippen molar-refractivity contribution in [2.45, 2.75) is 13.3 Å². The molecule has 4 nitrogen and oxygen atoms in total. The van der Waals surface area contributed by atoms with E-state index >= 15 is 0 Å². The van der Waals surface area contributed by atoms with Gasteiger partial charge in [0, 0.05) is 13.5 Å². The van der Waals surface area contributed by atoms with Crippen molar-refractivity contribution in [2.75, 3.05) is 12.4 Å². The van der Waals surface area contributed by atoms with Crippen LogP contribution in [0.4, 0.5) is 5.95 Å². The zero-order valence-corrected chi connectivity index (χ0v) is 5.60. The number of rotatable bonds is 2. The molecular formula is C5H10N4. The van der Waals surface area contributed by atoms with Gasteiger partial charge in [0.2, 0.25) is 5.95 Å². The summed E-state index contributed by atoms with van der Waals surface area (Å²) in [6.07, 6.45) is 0.898. The summed E-state index contributed by atoms with van der Waals surface area (Å²) in [4.78, 5) is 2.98. The van der Waals surface area contributed by atoms with Crippen molar-refractivity contribution in [3.8, 4) is 0 Å². The number of aryl methyl sites for hydroxylation is 1. The Kier molecular flexibility index (Phi) is 1.67. The van der Waals surface area contributed by atoms with Gasteiger partial charge in [0.05, 0.1) is 0 Å². The van der Waals surface area contributed by atoms with Crippen LogP contribution >= 0.6 is 0 Å². The maximum Gasteiger partial charge on any atom is 0.221 e. The zero-order valence-electron chi connectivity index (χ0n) is 5.60. The van der Waals surface area contributed by atoms with E-state index in [-0.39, 0.29) is 0 Å². The third kappa shape index (κ3) is 1.19. The molecule has 1 rings (SSSR count). The molecule has 2 N–H and O–H groups in total. The fourth-order valence-electron chi connectivity index (χ4n) is 0.569. The van der Waals surface area contributed by atoms with Crippen LogP contribution in [0.15, 0.2) is 0 Å². The molecule has 0 aliphatic rings. The van der Waals surface area contributed by atoms with Gasteiger partial charge in [-0.15, -0.1) is 10.2 Å². The molecule has 0 saturated carbocycles. The van der Waals surface area contributed by atoms with Gasteiger partial charge in [0.1, 0.15) is 5.82 Å². The fourth-order valence-corrected chi connectivity index (χ4v) is 0.569. The first kappa shape index (κ1) is 6.07. The molecule has 0 aliphatic heterocycles. The highest BCUT2D eigenvalue weighted by Crippen LogP contribution is 1.95. The molecule has 9 heavy (non-hydrogen) atoms. The average molecular weight is 126 g/mol. The third-order valence-electron chi connectivity index (χ3n) is 1.11. The second kappa shape index (κ2) is 2.48. The summed E-state index contributed by atoms with van der Waals surface area (Å²) in [5, 5.41) is 10.5. The summed E-state index contributed by atoms with van der Waals surface area (Å²) in [5.41, 5.74) is 0. The highest BCUT2D eigenvalue weighted by Gasteiger charge is 1.94. The number of nitrogens with zero attached hydrogens (tertiary/aromatic N) is 2. The summed E-state index contributed by atoms with van der Waals surface area (Å²) in [6.45, 7) is 2.03. The zero-order chi connectivity index (χ0) is 6.69. The number of nitrogens with one attached hydrogen (secondary N) is 2. The normalized spacial score (nSPS) is 9.56. The Labute approximate surface area is 53.7 Å². The third-order valence-corrected chi connectivity index (χ3v) is 1.11. The van der Waals surface area contributed by atoms with E-state index in [2.05, 4.69) is 20.5 Å². The van der Waals surface area contributed by atoms with Gasteiger partial charge in [-0.05, 0) is 0 Å². The Morgan fingerprint density at radius 3 is 2.67 bits per heavy atom. The number of hydrogen-bond acceptors (Lipinski definition) is 3. The monoisotopic (exact) mass is 126 g/mol. The summed E-state index contributed by atoms with van der Waals surface area (Å²) >= 11 is 0. The van der Waals surface area contributed by atoms with Crippen molar-refractivity contribution < 1.29 is 0 Å². The highest BCUT2D eigenvalue weighted by atomic mass is 15.3. The van der Waals surface area contributed by atoms with Crippen molar-refractivity contribution in [1.82, 2.24) is 15.2 Å². The van der Waals surface area contributed by atoms with Gasteiger partial charge in [-0.1, -0.05) is 6.92 Å². The standard InChI is InChI=1S/C5H10N4/c1-3-4-7-5(6-2)9-8-4/h3H2,1-2H3,(H2,6,7,8,9). The lowest BCUT2D eigenvalue weighted by atomic mass is 10.5. The first-order valence-electron chi connectivity index (χ1n) is 2.96. The molecular weight excluding hydrogens is 116 g/mol. The van der Waals surface area contributed by atoms with Gasteiger partial charge in [-0.3, -0.25) is 0 Å². The Morgan fingerprint density at radius 2 is 2.33 bits per heavy atom. The molecule has 0 spiro atoms. The van der Waals surface area contributed by atoms with Crippen molar-refractivity contribution in [3.63, 3.8) is 0 Å². The number of anilines is 1. The largest absolute Gasteiger partial charge is 0.358 e. The molecule has 1 aromatic rings. The molecule has 0 fully saturated rings. The maximum atomic E-state index is 3.84. The molecule has 0 radical (unpaired) electrons. The van der Waals surface area contributed by atoms with Gasteiger partial charge in [-0.2, -0.15) is 0 Å². The minimum atomic E-state index is 0.729. The number of hydrogen-bond donors (Lipinski definition) is 2. The van der Waals surface area contributed by atoms with E-state index in [1.54, 1.807) is 7.05 Å². The van der Waals surface area contributed by atoms with E-state index in [4.69, 9.17) is 0 Å². The highest BCUT2D eigenvalue weighted by molar-refractivity contribution is 5.20. The van der Waals surface area contributed by atoms with Crippen LogP contribution in [0.3, 0.4) is 0 Å². The van der Waals surface area contributed by atoms with Crippen LogP contribution in [0.1, 0.15) is 12.7 Å². The van der Waals surface area contributed by atoms with Crippen LogP contribution in [0.25, 0.3) is 0 Å². The smallest absolute Gasteiger partial charge is 0.221 e. The summed E-state index contributed by atoms with van der Waals surface area (Å²) < 4.78 is 0. The molecule has 0 bridgehead atoms. The van der Waals surface area contributed by atoms with E-state index in [9.17, 15) is 0 Å². The minimum absolute atomic E-state index is 0.729. The Balaban J connectivity index is 2.74. The molecule has 50 valence electrons. The maximum absolute atomic E-state index is 3.84. The van der Waals surface area contributed by atoms with Crippen molar-refractivity contribution in [3.05, 3.63) is 5.82 Å². The topological polar surface area (TPSA) is 53.6 Å². The fraction of sp³-hybridized carbons (Fsp3) is 0.600. The van der Waals surface area contributed by atoms with E-state index in [0.717, 1.165) is 18.2 Å². The van der Waals surface area contributed by atoms with Gasteiger partial charge >= 0.3 is 0 Å². The predicted octanol–water partition coefficient (Wildman–Crippen LogP) is 0.409. The second-order valence-electron chi connectivity index (χ2n) is 1.72. The van der Waals surface area contributed by atoms with Gasteiger partial charge in [0.15, 0.2) is 0 Å². The molecule has 0 atom stereocenters. The van der Waals surface area contributed by atoms with Crippen molar-refractivity contribution in [1.29, 1.82) is 0 Å². The van der Waals surface area contributed by atoms with Crippen LogP contribution in [0.5, 0.6) is 0 Å². The van der Waals surface area contributed by atoms with Crippen LogP contribution in [0.2, 0.25) is 0 Å². The van der Waals surface area contributed by atoms with Crippen molar-refractivity contribution in [2.24, 2.45) is 0 Å². The lowest BCUT2D eigenvalue weighted by Gasteiger charge is -1.86. The Bertz CT molecular complexity index is 162. The predicted molar refractivity (Wildman–Crippen MR) is 35.3 cm³/mol. The summed E-state index contributed by atoms with van der Waals surface area (Å²) in [5.74, 6) is 1.64. The molecule has 0 amide bonds. The van der Waals surface area contributed by atoms with Gasteiger partial charge in [-0.25, -0.2) is 0 Å². The van der Waals surface area contributed by atoms with Crippen LogP contribution in [-0.4, -0.2) is 22.2 Å². The lowest BCUT2D eigenvalue weighted by Crippen LogP contribution is -1.89. The second-order valence-corrected chi connectivity index (χ2v) is 1.72. The minimum Gasteiger partial charge on any atom is -0.358 e. The van der Waals surface area contributed by atoms with Crippen LogP contribution in [-0.2, 0) is 6.42 Å². The van der Waals surface area contributed by atoms with E-state index in [1.807, 2.05) is 6.92 Å². The molecule has 4 heteroatoms. The SMILES string of the molecule is CCc1nnc(NC)[nH]1. The number of H-pyrrole nitrogens is 1. The van der Waals surface area contributed by atoms with Crippen molar-refractivity contribution >= 4 is 5.95 Å². The Hall–Kier alpha value is -1.06. The van der Waals surface area contributed by atoms with E-state index in [1.165, 1.54) is 0 Å². The molecule has 0 aliphatic carbocycles. The lowest BCUT2D eigenvalue weighted by molar-refractivity contribution is 0.946. The van der Waals surface area contributed by atoms with Crippen LogP contribution < -0.4 is 5.32 Å². The molecule has 0 saturated heterocycles. The number of aromatic nitrogens is 3. The number of aromatic amines is 1. The Morgan fingerprint density at radius 1 is 1.56 bits per heavy atom. The molecule has 1 aromatic heterocycles. The van der Waals surface area contributed by atoms with E-state index in [0.29, 0.717) is 0 Å². The van der Waals surface area contributed by atoms with Crippen LogP contribution in [0, 0.1) is 0 Å². The first-order valence-corrected chi connectivity index (χ1v) is 2.96. The summed E-state index contributed by atoms with van der Waals surface area (Å²) in [6, 6.07) is 0. The molecule has 1 heterocycles. The average Bonchev–Trinajstić information content (AvgIpc) is 2.34. The summed E-state index contributed by atoms with van der Waals surface area (Å²) in [7, 11) is 1.81. The molecule has 0 unspecified atom stereocenters.